The van der Waals surface area contributed by atoms with Crippen molar-refractivity contribution in [2.24, 2.45) is 0 Å². The summed E-state index contributed by atoms with van der Waals surface area (Å²) in [5.41, 5.74) is 0.796. The zero-order chi connectivity index (χ0) is 15.4. The predicted octanol–water partition coefficient (Wildman–Crippen LogP) is 0.891. The number of nitro groups is 1. The van der Waals surface area contributed by atoms with Crippen LogP contribution >= 0.6 is 0 Å². The van der Waals surface area contributed by atoms with E-state index in [9.17, 15) is 14.9 Å². The van der Waals surface area contributed by atoms with Crippen LogP contribution in [0.5, 0.6) is 0 Å². The van der Waals surface area contributed by atoms with E-state index in [-0.39, 0.29) is 17.9 Å². The number of carbonyl (C=O) groups is 1. The lowest BCUT2D eigenvalue weighted by Crippen LogP contribution is -2.30. The molecule has 0 saturated heterocycles. The van der Waals surface area contributed by atoms with Crippen LogP contribution in [0, 0.1) is 10.1 Å². The van der Waals surface area contributed by atoms with E-state index in [0.717, 1.165) is 0 Å². The Morgan fingerprint density at radius 2 is 2.10 bits per heavy atom. The van der Waals surface area contributed by atoms with Crippen LogP contribution in [0.3, 0.4) is 0 Å². The van der Waals surface area contributed by atoms with Crippen LogP contribution in [0.1, 0.15) is 17.4 Å². The molecule has 0 saturated carbocycles. The summed E-state index contributed by atoms with van der Waals surface area (Å²) in [7, 11) is 0. The topological polar surface area (TPSA) is 110 Å². The first-order valence-corrected chi connectivity index (χ1v) is 6.24. The van der Waals surface area contributed by atoms with E-state index < -0.39 is 16.9 Å². The Morgan fingerprint density at radius 1 is 1.43 bits per heavy atom. The molecule has 8 nitrogen and oxygen atoms in total. The summed E-state index contributed by atoms with van der Waals surface area (Å²) in [6.07, 6.45) is 0.948. The Labute approximate surface area is 120 Å². The van der Waals surface area contributed by atoms with Gasteiger partial charge in [-0.05, 0) is 25.1 Å². The Bertz CT molecular complexity index is 648. The van der Waals surface area contributed by atoms with Crippen LogP contribution in [-0.4, -0.2) is 38.4 Å². The van der Waals surface area contributed by atoms with E-state index >= 15 is 0 Å². The van der Waals surface area contributed by atoms with Crippen molar-refractivity contribution in [2.75, 3.05) is 6.54 Å². The van der Waals surface area contributed by atoms with Crippen molar-refractivity contribution < 1.29 is 14.8 Å². The highest BCUT2D eigenvalue weighted by atomic mass is 16.6. The summed E-state index contributed by atoms with van der Waals surface area (Å²) in [6, 6.07) is 7.35. The van der Waals surface area contributed by atoms with Crippen molar-refractivity contribution >= 4 is 11.6 Å². The van der Waals surface area contributed by atoms with Gasteiger partial charge in [0.25, 0.3) is 11.6 Å². The van der Waals surface area contributed by atoms with E-state index in [2.05, 4.69) is 10.4 Å². The lowest BCUT2D eigenvalue weighted by molar-refractivity contribution is -0.384. The van der Waals surface area contributed by atoms with Crippen molar-refractivity contribution in [2.45, 2.75) is 13.0 Å². The van der Waals surface area contributed by atoms with Crippen LogP contribution < -0.4 is 5.32 Å². The molecule has 1 atom stereocenters. The molecule has 2 rings (SSSR count). The summed E-state index contributed by atoms with van der Waals surface area (Å²) >= 11 is 0. The number of aliphatic hydroxyl groups excluding tert-OH is 1. The van der Waals surface area contributed by atoms with E-state index in [1.165, 1.54) is 22.9 Å². The molecule has 0 unspecified atom stereocenters. The van der Waals surface area contributed by atoms with Crippen LogP contribution in [0.25, 0.3) is 5.69 Å². The van der Waals surface area contributed by atoms with Gasteiger partial charge in [0.15, 0.2) is 5.69 Å². The van der Waals surface area contributed by atoms with Gasteiger partial charge in [0.1, 0.15) is 0 Å². The molecular weight excluding hydrogens is 276 g/mol. The van der Waals surface area contributed by atoms with Gasteiger partial charge in [-0.15, -0.1) is 0 Å². The van der Waals surface area contributed by atoms with E-state index in [1.54, 1.807) is 25.3 Å². The molecule has 1 aromatic heterocycles. The maximum Gasteiger partial charge on any atom is 0.271 e. The van der Waals surface area contributed by atoms with Gasteiger partial charge in [-0.25, -0.2) is 4.68 Å². The first kappa shape index (κ1) is 14.7. The minimum atomic E-state index is -0.634. The summed E-state index contributed by atoms with van der Waals surface area (Å²) in [6.45, 7) is 1.71. The molecule has 1 aromatic carbocycles. The second-order valence-corrected chi connectivity index (χ2v) is 4.48. The average molecular weight is 290 g/mol. The largest absolute Gasteiger partial charge is 0.392 e. The van der Waals surface area contributed by atoms with Crippen LogP contribution in [0.15, 0.2) is 36.5 Å². The Morgan fingerprint density at radius 3 is 2.67 bits per heavy atom. The van der Waals surface area contributed by atoms with E-state index in [4.69, 9.17) is 5.11 Å². The van der Waals surface area contributed by atoms with Gasteiger partial charge in [-0.1, -0.05) is 0 Å². The Hall–Kier alpha value is -2.74. The molecule has 110 valence electrons. The van der Waals surface area contributed by atoms with Gasteiger partial charge in [0.05, 0.1) is 16.7 Å². The van der Waals surface area contributed by atoms with Gasteiger partial charge < -0.3 is 10.4 Å². The standard InChI is InChI=1S/C13H14N4O4/c1-9(18)8-14-13(19)12-6-7-16(15-12)10-2-4-11(5-3-10)17(20)21/h2-7,9,18H,8H2,1H3,(H,14,19)/t9-/m0/s1. The minimum Gasteiger partial charge on any atom is -0.392 e. The van der Waals surface area contributed by atoms with Gasteiger partial charge in [-0.3, -0.25) is 14.9 Å². The molecule has 0 fully saturated rings. The molecule has 0 aliphatic carbocycles. The molecule has 1 heterocycles. The van der Waals surface area contributed by atoms with Crippen molar-refractivity contribution in [1.82, 2.24) is 15.1 Å². The fourth-order valence-corrected chi connectivity index (χ4v) is 1.65. The molecule has 0 radical (unpaired) electrons. The fourth-order valence-electron chi connectivity index (χ4n) is 1.65. The maximum absolute atomic E-state index is 11.7. The molecule has 0 aliphatic rings. The second-order valence-electron chi connectivity index (χ2n) is 4.48. The van der Waals surface area contributed by atoms with Gasteiger partial charge in [-0.2, -0.15) is 5.10 Å². The van der Waals surface area contributed by atoms with Crippen LogP contribution in [0.2, 0.25) is 0 Å². The molecule has 2 aromatic rings. The van der Waals surface area contributed by atoms with Crippen molar-refractivity contribution in [3.8, 4) is 5.69 Å². The van der Waals surface area contributed by atoms with Crippen molar-refractivity contribution in [1.29, 1.82) is 0 Å². The van der Waals surface area contributed by atoms with Gasteiger partial charge in [0, 0.05) is 24.9 Å². The predicted molar refractivity (Wildman–Crippen MR) is 74.2 cm³/mol. The number of aromatic nitrogens is 2. The normalized spacial score (nSPS) is 11.9. The highest BCUT2D eigenvalue weighted by Crippen LogP contribution is 2.14. The first-order chi connectivity index (χ1) is 9.97. The van der Waals surface area contributed by atoms with Crippen LogP contribution in [0.4, 0.5) is 5.69 Å². The number of hydrogen-bond donors (Lipinski definition) is 2. The van der Waals surface area contributed by atoms with Gasteiger partial charge in [0.2, 0.25) is 0 Å². The molecule has 8 heteroatoms. The van der Waals surface area contributed by atoms with Gasteiger partial charge >= 0.3 is 0 Å². The summed E-state index contributed by atoms with van der Waals surface area (Å²) in [4.78, 5) is 21.8. The number of nitro benzene ring substituents is 1. The molecule has 0 bridgehead atoms. The van der Waals surface area contributed by atoms with Crippen molar-refractivity contribution in [3.63, 3.8) is 0 Å². The third kappa shape index (κ3) is 3.63. The highest BCUT2D eigenvalue weighted by molar-refractivity contribution is 5.92. The molecule has 1 amide bonds. The van der Waals surface area contributed by atoms with E-state index in [0.29, 0.717) is 5.69 Å². The van der Waals surface area contributed by atoms with Crippen LogP contribution in [-0.2, 0) is 0 Å². The summed E-state index contributed by atoms with van der Waals surface area (Å²) < 4.78 is 1.45. The number of hydrogen-bond acceptors (Lipinski definition) is 5. The molecular formula is C13H14N4O4. The number of amides is 1. The molecule has 0 aliphatic heterocycles. The molecule has 2 N–H and O–H groups in total. The Kier molecular flexibility index (Phi) is 4.29. The SMILES string of the molecule is C[C@H](O)CNC(=O)c1ccn(-c2ccc([N+](=O)[O-])cc2)n1. The smallest absolute Gasteiger partial charge is 0.271 e. The summed E-state index contributed by atoms with van der Waals surface area (Å²) in [5, 5.41) is 26.3. The minimum absolute atomic E-state index is 0.0131. The number of nitrogens with one attached hydrogen (secondary N) is 1. The highest BCUT2D eigenvalue weighted by Gasteiger charge is 2.11. The lowest BCUT2D eigenvalue weighted by Gasteiger charge is -2.05. The third-order valence-corrected chi connectivity index (χ3v) is 2.70. The lowest BCUT2D eigenvalue weighted by atomic mass is 10.3. The maximum atomic E-state index is 11.7. The number of non-ortho nitro benzene ring substituents is 1. The second kappa shape index (κ2) is 6.14. The quantitative estimate of drug-likeness (QED) is 0.627. The first-order valence-electron chi connectivity index (χ1n) is 6.24. The zero-order valence-corrected chi connectivity index (χ0v) is 11.3. The number of nitrogens with zero attached hydrogens (tertiary/aromatic N) is 3. The molecule has 0 spiro atoms. The third-order valence-electron chi connectivity index (χ3n) is 2.70. The fraction of sp³-hybridized carbons (Fsp3) is 0.231. The molecule has 21 heavy (non-hydrogen) atoms. The summed E-state index contributed by atoms with van der Waals surface area (Å²) in [5.74, 6) is -0.392. The van der Waals surface area contributed by atoms with Crippen molar-refractivity contribution in [3.05, 3.63) is 52.3 Å². The Balaban J connectivity index is 2.12. The monoisotopic (exact) mass is 290 g/mol. The average Bonchev–Trinajstić information content (AvgIpc) is 2.94. The number of carbonyl (C=O) groups excluding carboxylic acids is 1. The number of benzene rings is 1. The zero-order valence-electron chi connectivity index (χ0n) is 11.3. The number of rotatable bonds is 5. The van der Waals surface area contributed by atoms with E-state index in [1.807, 2.05) is 0 Å². The number of aliphatic hydroxyl groups is 1.